The summed E-state index contributed by atoms with van der Waals surface area (Å²) in [5, 5.41) is 0. The summed E-state index contributed by atoms with van der Waals surface area (Å²) in [6.45, 7) is 0. The van der Waals surface area contributed by atoms with Crippen LogP contribution in [0.4, 0.5) is 0 Å². The van der Waals surface area contributed by atoms with Gasteiger partial charge in [-0.3, -0.25) is 0 Å². The monoisotopic (exact) mass is 100.0 g/mol. The third-order valence-electron chi connectivity index (χ3n) is 0.547. The summed E-state index contributed by atoms with van der Waals surface area (Å²) in [6.07, 6.45) is 0. The van der Waals surface area contributed by atoms with Gasteiger partial charge in [0.05, 0.1) is 0 Å². The second-order valence-corrected chi connectivity index (χ2v) is 0.981. The molecule has 0 bridgehead atoms. The molecule has 0 N–H and O–H groups in total. The Morgan fingerprint density at radius 1 is 1.14 bits per heavy atom. The average molecular weight is 99.8 g/mol. The molecule has 7 heavy (non-hydrogen) atoms. The van der Waals surface area contributed by atoms with Crippen LogP contribution in [0, 0.1) is 0 Å². The fourth-order valence-corrected chi connectivity index (χ4v) is 0.254. The first-order chi connectivity index (χ1) is 3.30. The van der Waals surface area contributed by atoms with E-state index in [-0.39, 0.29) is 7.69 Å². The highest BCUT2D eigenvalue weighted by atomic mass is 16.7. The highest BCUT2D eigenvalue weighted by Crippen LogP contribution is 1.89. The zero-order chi connectivity index (χ0) is 5.28. The van der Waals surface area contributed by atoms with Gasteiger partial charge in [-0.05, 0) is 0 Å². The number of hydrogen-bond acceptors (Lipinski definition) is 4. The molecule has 1 rings (SSSR count). The van der Waals surface area contributed by atoms with E-state index in [0.717, 1.165) is 0 Å². The Labute approximate surface area is 39.7 Å². The summed E-state index contributed by atoms with van der Waals surface area (Å²) < 4.78 is 8.11. The van der Waals surface area contributed by atoms with Gasteiger partial charge in [-0.2, -0.15) is 0 Å². The van der Waals surface area contributed by atoms with Gasteiger partial charge in [0.2, 0.25) is 0 Å². The zero-order valence-electron chi connectivity index (χ0n) is 3.34. The fraction of sp³-hybridized carbons (Fsp3) is 0. The maximum Gasteiger partial charge on any atom is 0.581 e. The molecule has 5 heteroatoms. The molecule has 4 nitrogen and oxygen atoms in total. The smallest absolute Gasteiger partial charge is 0.493 e. The zero-order valence-corrected chi connectivity index (χ0v) is 3.34. The Kier molecular flexibility index (Phi) is 0.747. The van der Waals surface area contributed by atoms with Crippen molar-refractivity contribution in [3.05, 3.63) is 0 Å². The van der Waals surface area contributed by atoms with Crippen molar-refractivity contribution in [2.24, 2.45) is 0 Å². The van der Waals surface area contributed by atoms with E-state index in [4.69, 9.17) is 0 Å². The Morgan fingerprint density at radius 3 is 1.71 bits per heavy atom. The van der Waals surface area contributed by atoms with Crippen LogP contribution < -0.4 is 0 Å². The molecule has 1 fully saturated rings. The Balaban J connectivity index is 2.65. The van der Waals surface area contributed by atoms with E-state index < -0.39 is 11.9 Å². The molecule has 0 amide bonds. The van der Waals surface area contributed by atoms with Gasteiger partial charge < -0.3 is 9.31 Å². The number of hydrogen-bond donors (Lipinski definition) is 0. The largest absolute Gasteiger partial charge is 0.581 e. The van der Waals surface area contributed by atoms with Gasteiger partial charge in [0.1, 0.15) is 0 Å². The third kappa shape index (κ3) is 0.557. The minimum absolute atomic E-state index is 0.225. The predicted molar refractivity (Wildman–Crippen MR) is 19.3 cm³/mol. The van der Waals surface area contributed by atoms with Gasteiger partial charge in [0.25, 0.3) is 0 Å². The average Bonchev–Trinajstić information content (AvgIpc) is 1.91. The van der Waals surface area contributed by atoms with Gasteiger partial charge in [-0.15, -0.1) is 0 Å². The summed E-state index contributed by atoms with van der Waals surface area (Å²) >= 11 is 0. The predicted octanol–water partition coefficient (Wildman–Crippen LogP) is -1.65. The molecule has 0 aromatic heterocycles. The number of carbonyl (C=O) groups excluding carboxylic acids is 2. The number of rotatable bonds is 0. The van der Waals surface area contributed by atoms with Crippen molar-refractivity contribution in [2.45, 2.75) is 0 Å². The molecular formula is C2HBO4. The quantitative estimate of drug-likeness (QED) is 0.270. The lowest BCUT2D eigenvalue weighted by Crippen LogP contribution is -2.05. The first-order valence-corrected chi connectivity index (χ1v) is 1.64. The topological polar surface area (TPSA) is 52.6 Å². The standard InChI is InChI=1S/C2HBO4/c4-1-2(5)7-3-6-1/h3H. The molecule has 36 valence electrons. The molecule has 1 heterocycles. The molecule has 0 aromatic carbocycles. The van der Waals surface area contributed by atoms with E-state index in [1.807, 2.05) is 0 Å². The van der Waals surface area contributed by atoms with Crippen LogP contribution in [-0.2, 0) is 18.9 Å². The van der Waals surface area contributed by atoms with E-state index in [9.17, 15) is 9.59 Å². The van der Waals surface area contributed by atoms with Gasteiger partial charge >= 0.3 is 19.6 Å². The molecule has 0 unspecified atom stereocenters. The molecule has 0 spiro atoms. The lowest BCUT2D eigenvalue weighted by atomic mass is 10.4. The van der Waals surface area contributed by atoms with E-state index in [1.54, 1.807) is 0 Å². The summed E-state index contributed by atoms with van der Waals surface area (Å²) in [5.74, 6) is -1.81. The summed E-state index contributed by atoms with van der Waals surface area (Å²) in [4.78, 5) is 19.8. The molecule has 0 radical (unpaired) electrons. The molecular weight excluding hydrogens is 98.8 g/mol. The van der Waals surface area contributed by atoms with E-state index >= 15 is 0 Å². The van der Waals surface area contributed by atoms with Gasteiger partial charge in [-0.25, -0.2) is 9.59 Å². The summed E-state index contributed by atoms with van der Waals surface area (Å²) in [7, 11) is -0.225. The van der Waals surface area contributed by atoms with Crippen molar-refractivity contribution in [1.29, 1.82) is 0 Å². The van der Waals surface area contributed by atoms with Crippen LogP contribution in [0.15, 0.2) is 0 Å². The fourth-order valence-electron chi connectivity index (χ4n) is 0.254. The van der Waals surface area contributed by atoms with Crippen molar-refractivity contribution in [2.75, 3.05) is 0 Å². The van der Waals surface area contributed by atoms with Crippen LogP contribution in [-0.4, -0.2) is 19.6 Å². The lowest BCUT2D eigenvalue weighted by molar-refractivity contribution is -0.150. The van der Waals surface area contributed by atoms with Crippen LogP contribution in [0.5, 0.6) is 0 Å². The highest BCUT2D eigenvalue weighted by Gasteiger charge is 2.25. The number of carbonyl (C=O) groups is 2. The SMILES string of the molecule is O=C1OBOC1=O. The van der Waals surface area contributed by atoms with E-state index in [1.165, 1.54) is 0 Å². The van der Waals surface area contributed by atoms with Crippen LogP contribution in [0.25, 0.3) is 0 Å². The lowest BCUT2D eigenvalue weighted by Gasteiger charge is -1.74. The Bertz CT molecular complexity index is 105. The van der Waals surface area contributed by atoms with Gasteiger partial charge in [0.15, 0.2) is 0 Å². The molecule has 0 aromatic rings. The van der Waals surface area contributed by atoms with Crippen LogP contribution in [0.1, 0.15) is 0 Å². The molecule has 1 aliphatic rings. The molecule has 0 saturated carbocycles. The van der Waals surface area contributed by atoms with Crippen LogP contribution in [0.3, 0.4) is 0 Å². The molecule has 0 atom stereocenters. The van der Waals surface area contributed by atoms with Crippen molar-refractivity contribution >= 4 is 19.6 Å². The van der Waals surface area contributed by atoms with Gasteiger partial charge in [-0.1, -0.05) is 0 Å². The molecule has 0 aliphatic carbocycles. The highest BCUT2D eigenvalue weighted by molar-refractivity contribution is 6.47. The maximum absolute atomic E-state index is 9.88. The summed E-state index contributed by atoms with van der Waals surface area (Å²) in [5.41, 5.74) is 0. The van der Waals surface area contributed by atoms with E-state index in [2.05, 4.69) is 9.31 Å². The second-order valence-electron chi connectivity index (χ2n) is 0.981. The van der Waals surface area contributed by atoms with Crippen LogP contribution >= 0.6 is 0 Å². The van der Waals surface area contributed by atoms with Gasteiger partial charge in [0, 0.05) is 0 Å². The first-order valence-electron chi connectivity index (χ1n) is 1.64. The third-order valence-corrected chi connectivity index (χ3v) is 0.547. The molecule has 1 saturated heterocycles. The van der Waals surface area contributed by atoms with Crippen molar-refractivity contribution in [3.8, 4) is 0 Å². The maximum atomic E-state index is 9.88. The van der Waals surface area contributed by atoms with Crippen LogP contribution in [0.2, 0.25) is 0 Å². The Hall–Kier alpha value is -0.995. The minimum atomic E-state index is -0.903. The van der Waals surface area contributed by atoms with Crippen molar-refractivity contribution < 1.29 is 18.9 Å². The Morgan fingerprint density at radius 2 is 1.57 bits per heavy atom. The normalized spacial score (nSPS) is 17.7. The van der Waals surface area contributed by atoms with Crippen molar-refractivity contribution in [3.63, 3.8) is 0 Å². The van der Waals surface area contributed by atoms with Crippen molar-refractivity contribution in [1.82, 2.24) is 0 Å². The molecule has 1 aliphatic heterocycles. The summed E-state index contributed by atoms with van der Waals surface area (Å²) in [6, 6.07) is 0. The second kappa shape index (κ2) is 1.25. The minimum Gasteiger partial charge on any atom is -0.493 e. The first kappa shape index (κ1) is 4.17. The van der Waals surface area contributed by atoms with E-state index in [0.29, 0.717) is 0 Å².